The van der Waals surface area contributed by atoms with Gasteiger partial charge in [-0.25, -0.2) is 9.97 Å². The Morgan fingerprint density at radius 2 is 0.880 bits per heavy atom. The van der Waals surface area contributed by atoms with E-state index in [0.29, 0.717) is 5.95 Å². The molecule has 1 aliphatic rings. The molecule has 0 atom stereocenters. The highest BCUT2D eigenvalue weighted by Gasteiger charge is 2.48. The van der Waals surface area contributed by atoms with Crippen LogP contribution in [0.5, 0.6) is 0 Å². The summed E-state index contributed by atoms with van der Waals surface area (Å²) in [4.78, 5) is 10.6. The maximum Gasteiger partial charge on any atom is 0.235 e. The lowest BCUT2D eigenvalue weighted by Gasteiger charge is -2.31. The van der Waals surface area contributed by atoms with E-state index in [1.807, 2.05) is 6.07 Å². The fourth-order valence-electron chi connectivity index (χ4n) is 8.19. The molecule has 0 unspecified atom stereocenters. The minimum absolute atomic E-state index is 0.664. The van der Waals surface area contributed by atoms with Crippen LogP contribution in [0.15, 0.2) is 188 Å². The lowest BCUT2D eigenvalue weighted by Crippen LogP contribution is -2.72. The van der Waals surface area contributed by atoms with Gasteiger partial charge in [-0.15, -0.1) is 0 Å². The Morgan fingerprint density at radius 3 is 1.52 bits per heavy atom. The summed E-state index contributed by atoms with van der Waals surface area (Å²) in [7, 11) is -2.57. The van der Waals surface area contributed by atoms with Crippen molar-refractivity contribution >= 4 is 50.6 Å². The summed E-state index contributed by atoms with van der Waals surface area (Å²) in [5.74, 6) is 0.664. The molecule has 0 bridgehead atoms. The van der Waals surface area contributed by atoms with Gasteiger partial charge in [0.25, 0.3) is 0 Å². The third kappa shape index (κ3) is 4.22. The number of benzene rings is 7. The third-order valence-electron chi connectivity index (χ3n) is 10.3. The third-order valence-corrected chi connectivity index (χ3v) is 15.2. The zero-order valence-corrected chi connectivity index (χ0v) is 28.2. The molecule has 4 heteroatoms. The highest BCUT2D eigenvalue weighted by atomic mass is 28.3. The van der Waals surface area contributed by atoms with Crippen LogP contribution in [0, 0.1) is 0 Å². The van der Waals surface area contributed by atoms with Crippen LogP contribution in [0.25, 0.3) is 61.4 Å². The summed E-state index contributed by atoms with van der Waals surface area (Å²) < 4.78 is 2.21. The maximum atomic E-state index is 5.37. The molecule has 2 aromatic heterocycles. The molecule has 0 spiro atoms. The first kappa shape index (κ1) is 28.6. The van der Waals surface area contributed by atoms with Gasteiger partial charge in [0.2, 0.25) is 5.95 Å². The molecule has 0 fully saturated rings. The van der Waals surface area contributed by atoms with E-state index in [1.165, 1.54) is 42.6 Å². The van der Waals surface area contributed by atoms with E-state index < -0.39 is 8.07 Å². The fraction of sp³-hybridized carbons (Fsp3) is 0. The lowest BCUT2D eigenvalue weighted by molar-refractivity contribution is 0.996. The Bertz CT molecular complexity index is 2610. The Hall–Kier alpha value is -6.36. The predicted octanol–water partition coefficient (Wildman–Crippen LogP) is 8.27. The van der Waals surface area contributed by atoms with Crippen molar-refractivity contribution in [3.05, 3.63) is 188 Å². The Labute approximate surface area is 291 Å². The van der Waals surface area contributed by atoms with E-state index >= 15 is 0 Å². The number of hydrogen-bond acceptors (Lipinski definition) is 2. The van der Waals surface area contributed by atoms with Crippen LogP contribution < -0.4 is 20.7 Å². The van der Waals surface area contributed by atoms with E-state index in [2.05, 4.69) is 187 Å². The summed E-state index contributed by atoms with van der Waals surface area (Å²) in [5.41, 5.74) is 8.71. The molecule has 0 saturated carbocycles. The van der Waals surface area contributed by atoms with Crippen LogP contribution in [-0.2, 0) is 0 Å². The largest absolute Gasteiger partial charge is 0.278 e. The van der Waals surface area contributed by atoms with Crippen LogP contribution in [0.1, 0.15) is 0 Å². The van der Waals surface area contributed by atoms with Crippen molar-refractivity contribution in [3.8, 4) is 39.6 Å². The van der Waals surface area contributed by atoms with Gasteiger partial charge >= 0.3 is 0 Å². The highest BCUT2D eigenvalue weighted by Crippen LogP contribution is 2.35. The van der Waals surface area contributed by atoms with Gasteiger partial charge < -0.3 is 0 Å². The fourth-order valence-corrected chi connectivity index (χ4v) is 13.4. The predicted molar refractivity (Wildman–Crippen MR) is 210 cm³/mol. The molecule has 1 aliphatic heterocycles. The van der Waals surface area contributed by atoms with Crippen LogP contribution in [0.2, 0.25) is 0 Å². The van der Waals surface area contributed by atoms with Gasteiger partial charge in [-0.2, -0.15) is 0 Å². The van der Waals surface area contributed by atoms with Gasteiger partial charge in [-0.1, -0.05) is 164 Å². The average molecular weight is 654 g/mol. The van der Waals surface area contributed by atoms with Gasteiger partial charge in [0.1, 0.15) is 0 Å². The molecular weight excluding hydrogens is 623 g/mol. The molecule has 0 N–H and O–H groups in total. The number of fused-ring (bicyclic) bond motifs is 6. The minimum atomic E-state index is -2.57. The van der Waals surface area contributed by atoms with E-state index in [0.717, 1.165) is 33.5 Å². The molecule has 10 rings (SSSR count). The molecule has 9 aromatic rings. The van der Waals surface area contributed by atoms with Gasteiger partial charge in [0.05, 0.1) is 22.4 Å². The van der Waals surface area contributed by atoms with Crippen molar-refractivity contribution in [1.29, 1.82) is 0 Å². The summed E-state index contributed by atoms with van der Waals surface area (Å²) >= 11 is 0. The van der Waals surface area contributed by atoms with Crippen LogP contribution in [-0.4, -0.2) is 22.6 Å². The quantitative estimate of drug-likeness (QED) is 0.175. The summed E-state index contributed by atoms with van der Waals surface area (Å²) in [6, 6.07) is 68.0. The Balaban J connectivity index is 1.24. The van der Waals surface area contributed by atoms with Gasteiger partial charge in [-0.05, 0) is 56.1 Å². The van der Waals surface area contributed by atoms with E-state index in [9.17, 15) is 0 Å². The van der Waals surface area contributed by atoms with Crippen molar-refractivity contribution in [2.45, 2.75) is 0 Å². The van der Waals surface area contributed by atoms with Crippen molar-refractivity contribution in [3.63, 3.8) is 0 Å². The number of para-hydroxylation sites is 2. The zero-order chi connectivity index (χ0) is 33.1. The van der Waals surface area contributed by atoms with Crippen molar-refractivity contribution in [2.75, 3.05) is 0 Å². The molecule has 0 radical (unpaired) electrons. The molecule has 3 nitrogen and oxygen atoms in total. The first-order chi connectivity index (χ1) is 24.8. The number of aromatic nitrogens is 3. The van der Waals surface area contributed by atoms with E-state index in [4.69, 9.17) is 9.97 Å². The monoisotopic (exact) mass is 653 g/mol. The van der Waals surface area contributed by atoms with Gasteiger partial charge in [0, 0.05) is 21.9 Å². The first-order valence-corrected chi connectivity index (χ1v) is 19.1. The van der Waals surface area contributed by atoms with Crippen LogP contribution >= 0.6 is 0 Å². The Morgan fingerprint density at radius 1 is 0.380 bits per heavy atom. The van der Waals surface area contributed by atoms with Crippen molar-refractivity contribution in [1.82, 2.24) is 14.5 Å². The molecule has 3 heterocycles. The SMILES string of the molecule is c1ccc(-c2cc(-c3ccc4c(c3)-c3ccccc3[Si]4(c3ccccc3)c3ccccc3)nc(-n3c4ccccc4c4ccccc43)n2)cc1. The minimum Gasteiger partial charge on any atom is -0.278 e. The highest BCUT2D eigenvalue weighted by molar-refractivity contribution is 7.22. The summed E-state index contributed by atoms with van der Waals surface area (Å²) in [6.07, 6.45) is 0. The van der Waals surface area contributed by atoms with Crippen LogP contribution in [0.3, 0.4) is 0 Å². The summed E-state index contributed by atoms with van der Waals surface area (Å²) in [5, 5.41) is 8.02. The topological polar surface area (TPSA) is 30.7 Å². The second-order valence-electron chi connectivity index (χ2n) is 13.0. The maximum absolute atomic E-state index is 5.37. The molecule has 234 valence electrons. The molecule has 0 aliphatic carbocycles. The molecular formula is C46H31N3Si. The van der Waals surface area contributed by atoms with Crippen molar-refractivity contribution in [2.24, 2.45) is 0 Å². The molecule has 0 saturated heterocycles. The number of rotatable bonds is 5. The second kappa shape index (κ2) is 11.4. The molecule has 0 amide bonds. The van der Waals surface area contributed by atoms with E-state index in [1.54, 1.807) is 0 Å². The van der Waals surface area contributed by atoms with Gasteiger partial charge in [-0.3, -0.25) is 4.57 Å². The van der Waals surface area contributed by atoms with Crippen molar-refractivity contribution < 1.29 is 0 Å². The number of hydrogen-bond donors (Lipinski definition) is 0. The first-order valence-electron chi connectivity index (χ1n) is 17.1. The standard InChI is InChI=1S/C46H31N3Si/c1-4-16-32(17-5-1)40-31-41(48-46(47-40)49-42-25-13-10-22-36(42)37-23-11-14-26-43(37)49)33-28-29-45-39(30-33)38-24-12-15-27-44(38)50(45,34-18-6-2-7-19-34)35-20-8-3-9-21-35/h1-31H. The summed E-state index contributed by atoms with van der Waals surface area (Å²) in [6.45, 7) is 0. The average Bonchev–Trinajstić information content (AvgIpc) is 3.69. The second-order valence-corrected chi connectivity index (χ2v) is 16.7. The smallest absolute Gasteiger partial charge is 0.235 e. The lowest BCUT2D eigenvalue weighted by atomic mass is 10.0. The van der Waals surface area contributed by atoms with E-state index in [-0.39, 0.29) is 0 Å². The number of nitrogens with zero attached hydrogens (tertiary/aromatic N) is 3. The van der Waals surface area contributed by atoms with Crippen LogP contribution in [0.4, 0.5) is 0 Å². The molecule has 50 heavy (non-hydrogen) atoms. The molecule has 7 aromatic carbocycles. The Kier molecular flexibility index (Phi) is 6.51. The zero-order valence-electron chi connectivity index (χ0n) is 27.2. The normalized spacial score (nSPS) is 13.0. The van der Waals surface area contributed by atoms with Gasteiger partial charge in [0.15, 0.2) is 8.07 Å².